The van der Waals surface area contributed by atoms with Gasteiger partial charge in [-0.2, -0.15) is 5.10 Å². The number of carbonyl (C=O) groups excluding carboxylic acids is 2. The lowest BCUT2D eigenvalue weighted by Gasteiger charge is -2.35. The second-order valence-electron chi connectivity index (χ2n) is 8.48. The molecule has 2 aromatic heterocycles. The van der Waals surface area contributed by atoms with Crippen LogP contribution in [0.15, 0.2) is 59.8 Å². The van der Waals surface area contributed by atoms with Crippen molar-refractivity contribution in [2.45, 2.75) is 24.8 Å². The summed E-state index contributed by atoms with van der Waals surface area (Å²) in [6, 6.07) is 15.9. The molecule has 0 atom stereocenters. The zero-order valence-corrected chi connectivity index (χ0v) is 20.1. The van der Waals surface area contributed by atoms with E-state index in [1.165, 1.54) is 11.8 Å². The summed E-state index contributed by atoms with van der Waals surface area (Å²) >= 11 is 1.53. The Kier molecular flexibility index (Phi) is 6.53. The maximum absolute atomic E-state index is 12.8. The van der Waals surface area contributed by atoms with E-state index < -0.39 is 0 Å². The number of aryl methyl sites for hydroxylation is 1. The number of rotatable bonds is 6. The summed E-state index contributed by atoms with van der Waals surface area (Å²) in [5.74, 6) is 1.56. The van der Waals surface area contributed by atoms with E-state index >= 15 is 0 Å². The van der Waals surface area contributed by atoms with E-state index in [0.717, 1.165) is 41.0 Å². The quantitative estimate of drug-likeness (QED) is 0.544. The number of hydrogen-bond donors (Lipinski definition) is 0. The molecule has 2 amide bonds. The van der Waals surface area contributed by atoms with Gasteiger partial charge in [0, 0.05) is 45.3 Å². The van der Waals surface area contributed by atoms with Crippen molar-refractivity contribution in [3.8, 4) is 5.69 Å². The fraction of sp³-hybridized carbons (Fsp3) is 0.360. The molecule has 0 unspecified atom stereocenters. The molecule has 3 aromatic rings. The number of piperazine rings is 1. The number of benzene rings is 1. The van der Waals surface area contributed by atoms with Crippen molar-refractivity contribution in [2.75, 3.05) is 48.3 Å². The molecule has 4 heterocycles. The van der Waals surface area contributed by atoms with Crippen molar-refractivity contribution >= 4 is 35.1 Å². The molecule has 1 aromatic carbocycles. The van der Waals surface area contributed by atoms with Crippen LogP contribution < -0.4 is 9.80 Å². The van der Waals surface area contributed by atoms with Gasteiger partial charge in [-0.3, -0.25) is 9.59 Å². The standard InChI is InChI=1S/C25H28N6O2S/c1-19-24-25(31(27-19)20-8-3-2-4-9-20)34-18-23(33)30(24)13-7-11-22(32)29-16-14-28(15-17-29)21-10-5-6-12-26-21/h2-6,8-10,12H,7,11,13-18H2,1H3. The zero-order chi connectivity index (χ0) is 23.5. The molecular weight excluding hydrogens is 448 g/mol. The Bertz CT molecular complexity index is 1160. The highest BCUT2D eigenvalue weighted by Crippen LogP contribution is 2.39. The Morgan fingerprint density at radius 2 is 1.79 bits per heavy atom. The number of anilines is 2. The molecule has 0 aliphatic carbocycles. The third-order valence-electron chi connectivity index (χ3n) is 6.27. The number of pyridine rings is 1. The molecular formula is C25H28N6O2S. The van der Waals surface area contributed by atoms with Gasteiger partial charge in [0.05, 0.1) is 22.8 Å². The van der Waals surface area contributed by atoms with Crippen LogP contribution in [0.4, 0.5) is 11.5 Å². The van der Waals surface area contributed by atoms with Gasteiger partial charge in [-0.15, -0.1) is 0 Å². The highest BCUT2D eigenvalue weighted by molar-refractivity contribution is 8.00. The Hall–Kier alpha value is -3.33. The smallest absolute Gasteiger partial charge is 0.237 e. The summed E-state index contributed by atoms with van der Waals surface area (Å²) < 4.78 is 1.92. The third-order valence-corrected chi connectivity index (χ3v) is 7.30. The average Bonchev–Trinajstić information content (AvgIpc) is 3.23. The first kappa shape index (κ1) is 22.5. The highest BCUT2D eigenvalue weighted by atomic mass is 32.2. The van der Waals surface area contributed by atoms with Crippen molar-refractivity contribution in [3.63, 3.8) is 0 Å². The van der Waals surface area contributed by atoms with E-state index in [9.17, 15) is 9.59 Å². The molecule has 0 bridgehead atoms. The van der Waals surface area contributed by atoms with Gasteiger partial charge in [0.15, 0.2) is 0 Å². The van der Waals surface area contributed by atoms with E-state index in [1.54, 1.807) is 6.20 Å². The Labute approximate surface area is 203 Å². The molecule has 1 saturated heterocycles. The molecule has 176 valence electrons. The molecule has 34 heavy (non-hydrogen) atoms. The van der Waals surface area contributed by atoms with Gasteiger partial charge in [0.25, 0.3) is 0 Å². The van der Waals surface area contributed by atoms with Crippen molar-refractivity contribution in [1.29, 1.82) is 0 Å². The first-order valence-corrected chi connectivity index (χ1v) is 12.6. The fourth-order valence-corrected chi connectivity index (χ4v) is 5.60. The van der Waals surface area contributed by atoms with E-state index in [2.05, 4.69) is 9.88 Å². The second-order valence-corrected chi connectivity index (χ2v) is 9.44. The highest BCUT2D eigenvalue weighted by Gasteiger charge is 2.31. The predicted molar refractivity (Wildman–Crippen MR) is 134 cm³/mol. The summed E-state index contributed by atoms with van der Waals surface area (Å²) in [5.41, 5.74) is 2.69. The number of carbonyl (C=O) groups is 2. The van der Waals surface area contributed by atoms with Crippen LogP contribution in [0, 0.1) is 6.92 Å². The minimum absolute atomic E-state index is 0.0737. The molecule has 9 heteroatoms. The summed E-state index contributed by atoms with van der Waals surface area (Å²) in [6.07, 6.45) is 2.86. The lowest BCUT2D eigenvalue weighted by atomic mass is 10.2. The monoisotopic (exact) mass is 476 g/mol. The number of aromatic nitrogens is 3. The van der Waals surface area contributed by atoms with E-state index in [1.807, 2.05) is 69.9 Å². The number of thioether (sulfide) groups is 1. The van der Waals surface area contributed by atoms with Gasteiger partial charge in [0.1, 0.15) is 10.8 Å². The second kappa shape index (κ2) is 9.89. The van der Waals surface area contributed by atoms with E-state index in [0.29, 0.717) is 38.2 Å². The average molecular weight is 477 g/mol. The normalized spacial score (nSPS) is 16.0. The van der Waals surface area contributed by atoms with Crippen LogP contribution in [-0.2, 0) is 9.59 Å². The number of hydrogen-bond acceptors (Lipinski definition) is 6. The summed E-state index contributed by atoms with van der Waals surface area (Å²) in [7, 11) is 0. The molecule has 0 N–H and O–H groups in total. The Morgan fingerprint density at radius 3 is 2.53 bits per heavy atom. The maximum Gasteiger partial charge on any atom is 0.237 e. The molecule has 8 nitrogen and oxygen atoms in total. The molecule has 2 aliphatic heterocycles. The van der Waals surface area contributed by atoms with E-state index in [-0.39, 0.29) is 11.8 Å². The van der Waals surface area contributed by atoms with Crippen LogP contribution in [-0.4, -0.2) is 70.0 Å². The zero-order valence-electron chi connectivity index (χ0n) is 19.3. The van der Waals surface area contributed by atoms with Crippen LogP contribution in [0.5, 0.6) is 0 Å². The fourth-order valence-electron chi connectivity index (χ4n) is 4.52. The first-order chi connectivity index (χ1) is 16.6. The molecule has 0 saturated carbocycles. The van der Waals surface area contributed by atoms with Crippen LogP contribution >= 0.6 is 11.8 Å². The minimum Gasteiger partial charge on any atom is -0.353 e. The van der Waals surface area contributed by atoms with Crippen LogP contribution in [0.1, 0.15) is 18.5 Å². The third kappa shape index (κ3) is 4.52. The Balaban J connectivity index is 1.19. The predicted octanol–water partition coefficient (Wildman–Crippen LogP) is 3.14. The SMILES string of the molecule is Cc1nn(-c2ccccc2)c2c1N(CCCC(=O)N1CCN(c3ccccn3)CC1)C(=O)CS2. The molecule has 0 radical (unpaired) electrons. The molecule has 2 aliphatic rings. The topological polar surface area (TPSA) is 74.6 Å². The van der Waals surface area contributed by atoms with Gasteiger partial charge in [-0.25, -0.2) is 9.67 Å². The number of amides is 2. The largest absolute Gasteiger partial charge is 0.353 e. The lowest BCUT2D eigenvalue weighted by molar-refractivity contribution is -0.131. The van der Waals surface area contributed by atoms with Crippen molar-refractivity contribution < 1.29 is 9.59 Å². The number of para-hydroxylation sites is 1. The van der Waals surface area contributed by atoms with Crippen LogP contribution in [0.3, 0.4) is 0 Å². The van der Waals surface area contributed by atoms with Crippen molar-refractivity contribution in [3.05, 3.63) is 60.4 Å². The van der Waals surface area contributed by atoms with Gasteiger partial charge >= 0.3 is 0 Å². The molecule has 1 fully saturated rings. The van der Waals surface area contributed by atoms with Gasteiger partial charge in [0.2, 0.25) is 11.8 Å². The maximum atomic E-state index is 12.8. The van der Waals surface area contributed by atoms with Crippen molar-refractivity contribution in [1.82, 2.24) is 19.7 Å². The number of fused-ring (bicyclic) bond motifs is 1. The van der Waals surface area contributed by atoms with Crippen LogP contribution in [0.25, 0.3) is 5.69 Å². The van der Waals surface area contributed by atoms with Gasteiger partial charge in [-0.1, -0.05) is 36.0 Å². The Morgan fingerprint density at radius 1 is 1.03 bits per heavy atom. The first-order valence-electron chi connectivity index (χ1n) is 11.6. The summed E-state index contributed by atoms with van der Waals surface area (Å²) in [5, 5.41) is 5.70. The number of nitrogens with zero attached hydrogens (tertiary/aromatic N) is 6. The molecule has 5 rings (SSSR count). The summed E-state index contributed by atoms with van der Waals surface area (Å²) in [4.78, 5) is 36.0. The van der Waals surface area contributed by atoms with Gasteiger partial charge in [-0.05, 0) is 37.6 Å². The van der Waals surface area contributed by atoms with Gasteiger partial charge < -0.3 is 14.7 Å². The van der Waals surface area contributed by atoms with Crippen molar-refractivity contribution in [2.24, 2.45) is 0 Å². The summed E-state index contributed by atoms with van der Waals surface area (Å²) in [6.45, 7) is 5.42. The lowest BCUT2D eigenvalue weighted by Crippen LogP contribution is -2.49. The molecule has 0 spiro atoms. The van der Waals surface area contributed by atoms with Crippen LogP contribution in [0.2, 0.25) is 0 Å². The minimum atomic E-state index is 0.0737. The van der Waals surface area contributed by atoms with E-state index in [4.69, 9.17) is 5.10 Å².